The van der Waals surface area contributed by atoms with E-state index >= 15 is 0 Å². The van der Waals surface area contributed by atoms with Crippen LogP contribution in [-0.2, 0) is 0 Å². The lowest BCUT2D eigenvalue weighted by atomic mass is 9.87. The van der Waals surface area contributed by atoms with Crippen molar-refractivity contribution in [2.45, 2.75) is 38.5 Å². The van der Waals surface area contributed by atoms with Crippen molar-refractivity contribution < 1.29 is 9.53 Å². The number of methoxy groups -OCH3 is 1. The third-order valence-corrected chi connectivity index (χ3v) is 3.97. The molecule has 3 heteroatoms. The molecule has 19 heavy (non-hydrogen) atoms. The Balaban J connectivity index is 1.83. The second-order valence-electron chi connectivity index (χ2n) is 5.29. The van der Waals surface area contributed by atoms with Crippen LogP contribution in [0.15, 0.2) is 18.2 Å². The van der Waals surface area contributed by atoms with Gasteiger partial charge in [-0.15, -0.1) is 0 Å². The molecule has 1 N–H and O–H groups in total. The molecule has 0 spiro atoms. The molecule has 1 aliphatic rings. The van der Waals surface area contributed by atoms with Crippen LogP contribution in [0.5, 0.6) is 5.75 Å². The highest BCUT2D eigenvalue weighted by Crippen LogP contribution is 2.27. The zero-order valence-corrected chi connectivity index (χ0v) is 11.7. The van der Waals surface area contributed by atoms with Crippen LogP contribution in [0.4, 0.5) is 5.69 Å². The Kier molecular flexibility index (Phi) is 5.25. The van der Waals surface area contributed by atoms with Gasteiger partial charge in [-0.3, -0.25) is 4.79 Å². The van der Waals surface area contributed by atoms with E-state index in [1.54, 1.807) is 13.2 Å². The number of carbonyl (C=O) groups is 1. The van der Waals surface area contributed by atoms with Gasteiger partial charge in [0, 0.05) is 18.3 Å². The lowest BCUT2D eigenvalue weighted by molar-refractivity contribution is 0.112. The first-order valence-corrected chi connectivity index (χ1v) is 7.20. The molecule has 0 bridgehead atoms. The van der Waals surface area contributed by atoms with Gasteiger partial charge in [-0.2, -0.15) is 0 Å². The molecule has 0 amide bonds. The average molecular weight is 261 g/mol. The molecule has 0 saturated heterocycles. The van der Waals surface area contributed by atoms with E-state index in [0.29, 0.717) is 11.3 Å². The van der Waals surface area contributed by atoms with E-state index in [0.717, 1.165) is 24.4 Å². The average Bonchev–Trinajstić information content (AvgIpc) is 2.48. The van der Waals surface area contributed by atoms with Crippen molar-refractivity contribution in [3.8, 4) is 5.75 Å². The Hall–Kier alpha value is -1.51. The molecule has 1 fully saturated rings. The van der Waals surface area contributed by atoms with Gasteiger partial charge in [-0.25, -0.2) is 0 Å². The minimum absolute atomic E-state index is 0.598. The Bertz CT molecular complexity index is 411. The summed E-state index contributed by atoms with van der Waals surface area (Å²) in [5.74, 6) is 1.52. The Morgan fingerprint density at radius 3 is 2.79 bits per heavy atom. The number of hydrogen-bond acceptors (Lipinski definition) is 3. The van der Waals surface area contributed by atoms with Gasteiger partial charge < -0.3 is 10.1 Å². The van der Waals surface area contributed by atoms with Crippen molar-refractivity contribution in [3.63, 3.8) is 0 Å². The highest BCUT2D eigenvalue weighted by Gasteiger charge is 2.12. The van der Waals surface area contributed by atoms with Crippen LogP contribution in [0.1, 0.15) is 48.9 Å². The normalized spacial score (nSPS) is 16.1. The Labute approximate surface area is 115 Å². The van der Waals surface area contributed by atoms with Crippen molar-refractivity contribution in [1.82, 2.24) is 0 Å². The fourth-order valence-electron chi connectivity index (χ4n) is 2.81. The van der Waals surface area contributed by atoms with E-state index in [4.69, 9.17) is 4.74 Å². The molecule has 2 rings (SSSR count). The van der Waals surface area contributed by atoms with E-state index in [9.17, 15) is 4.79 Å². The molecule has 0 heterocycles. The minimum Gasteiger partial charge on any atom is -0.496 e. The molecule has 3 nitrogen and oxygen atoms in total. The summed E-state index contributed by atoms with van der Waals surface area (Å²) in [5.41, 5.74) is 1.62. The summed E-state index contributed by atoms with van der Waals surface area (Å²) in [6, 6.07) is 5.63. The van der Waals surface area contributed by atoms with Crippen LogP contribution in [-0.4, -0.2) is 19.9 Å². The Morgan fingerprint density at radius 2 is 2.11 bits per heavy atom. The van der Waals surface area contributed by atoms with Gasteiger partial charge in [0.05, 0.1) is 12.7 Å². The summed E-state index contributed by atoms with van der Waals surface area (Å²) in [4.78, 5) is 10.8. The third kappa shape index (κ3) is 3.98. The lowest BCUT2D eigenvalue weighted by Crippen LogP contribution is -2.12. The van der Waals surface area contributed by atoms with E-state index in [1.165, 1.54) is 38.5 Å². The predicted octanol–water partition coefficient (Wildman–Crippen LogP) is 3.89. The first kappa shape index (κ1) is 13.9. The van der Waals surface area contributed by atoms with Crippen LogP contribution >= 0.6 is 0 Å². The summed E-state index contributed by atoms with van der Waals surface area (Å²) in [6.45, 7) is 0.994. The van der Waals surface area contributed by atoms with E-state index in [1.807, 2.05) is 12.1 Å². The maximum atomic E-state index is 10.8. The molecular formula is C16H23NO2. The van der Waals surface area contributed by atoms with Crippen molar-refractivity contribution in [3.05, 3.63) is 23.8 Å². The highest BCUT2D eigenvalue weighted by atomic mass is 16.5. The van der Waals surface area contributed by atoms with E-state index in [2.05, 4.69) is 5.32 Å². The summed E-state index contributed by atoms with van der Waals surface area (Å²) >= 11 is 0. The van der Waals surface area contributed by atoms with Crippen LogP contribution in [0.3, 0.4) is 0 Å². The number of benzene rings is 1. The molecule has 1 aliphatic carbocycles. The van der Waals surface area contributed by atoms with Crippen molar-refractivity contribution >= 4 is 12.0 Å². The third-order valence-electron chi connectivity index (χ3n) is 3.97. The Morgan fingerprint density at radius 1 is 1.32 bits per heavy atom. The molecule has 0 radical (unpaired) electrons. The number of nitrogens with one attached hydrogen (secondary N) is 1. The summed E-state index contributed by atoms with van der Waals surface area (Å²) < 4.78 is 5.20. The van der Waals surface area contributed by atoms with Crippen LogP contribution in [0, 0.1) is 5.92 Å². The zero-order valence-electron chi connectivity index (χ0n) is 11.7. The number of hydrogen-bond donors (Lipinski definition) is 1. The predicted molar refractivity (Wildman–Crippen MR) is 78.1 cm³/mol. The number of anilines is 1. The number of carbonyl (C=O) groups excluding carboxylic acids is 1. The summed E-state index contributed by atoms with van der Waals surface area (Å²) in [5, 5.41) is 3.42. The summed E-state index contributed by atoms with van der Waals surface area (Å²) in [7, 11) is 1.59. The molecular weight excluding hydrogens is 238 g/mol. The molecule has 0 atom stereocenters. The van der Waals surface area contributed by atoms with Gasteiger partial charge in [0.2, 0.25) is 0 Å². The second kappa shape index (κ2) is 7.17. The number of rotatable bonds is 6. The zero-order chi connectivity index (χ0) is 13.5. The first-order chi connectivity index (χ1) is 9.33. The van der Waals surface area contributed by atoms with Crippen LogP contribution in [0.25, 0.3) is 0 Å². The van der Waals surface area contributed by atoms with Crippen LogP contribution in [0.2, 0.25) is 0 Å². The molecule has 0 aromatic heterocycles. The monoisotopic (exact) mass is 261 g/mol. The topological polar surface area (TPSA) is 38.3 Å². The van der Waals surface area contributed by atoms with E-state index in [-0.39, 0.29) is 0 Å². The van der Waals surface area contributed by atoms with E-state index < -0.39 is 0 Å². The maximum Gasteiger partial charge on any atom is 0.153 e. The molecule has 0 aliphatic heterocycles. The minimum atomic E-state index is 0.598. The fourth-order valence-corrected chi connectivity index (χ4v) is 2.81. The fraction of sp³-hybridized carbons (Fsp3) is 0.562. The molecule has 1 aromatic carbocycles. The largest absolute Gasteiger partial charge is 0.496 e. The van der Waals surface area contributed by atoms with Crippen LogP contribution < -0.4 is 10.1 Å². The van der Waals surface area contributed by atoms with Gasteiger partial charge in [-0.1, -0.05) is 32.1 Å². The number of ether oxygens (including phenoxy) is 1. The molecule has 104 valence electrons. The second-order valence-corrected chi connectivity index (χ2v) is 5.29. The van der Waals surface area contributed by atoms with Gasteiger partial charge in [0.15, 0.2) is 6.29 Å². The van der Waals surface area contributed by atoms with Gasteiger partial charge in [-0.05, 0) is 24.5 Å². The van der Waals surface area contributed by atoms with Crippen molar-refractivity contribution in [2.75, 3.05) is 19.0 Å². The number of aldehydes is 1. The van der Waals surface area contributed by atoms with Gasteiger partial charge >= 0.3 is 0 Å². The smallest absolute Gasteiger partial charge is 0.153 e. The molecule has 0 unspecified atom stereocenters. The standard InChI is InChI=1S/C16H23NO2/c1-19-16-11-15(8-7-14(16)12-18)17-10-9-13-5-3-2-4-6-13/h7-8,11-13,17H,2-6,9-10H2,1H3. The molecule has 1 saturated carbocycles. The lowest BCUT2D eigenvalue weighted by Gasteiger charge is -2.21. The van der Waals surface area contributed by atoms with Gasteiger partial charge in [0.25, 0.3) is 0 Å². The quantitative estimate of drug-likeness (QED) is 0.789. The maximum absolute atomic E-state index is 10.8. The first-order valence-electron chi connectivity index (χ1n) is 7.20. The van der Waals surface area contributed by atoms with Crippen molar-refractivity contribution in [1.29, 1.82) is 0 Å². The SMILES string of the molecule is COc1cc(NCCC2CCCCC2)ccc1C=O. The molecule has 1 aromatic rings. The van der Waals surface area contributed by atoms with Crippen molar-refractivity contribution in [2.24, 2.45) is 5.92 Å². The highest BCUT2D eigenvalue weighted by molar-refractivity contribution is 5.80. The van der Waals surface area contributed by atoms with Gasteiger partial charge in [0.1, 0.15) is 5.75 Å². The summed E-state index contributed by atoms with van der Waals surface area (Å²) in [6.07, 6.45) is 9.03.